The van der Waals surface area contributed by atoms with Gasteiger partial charge in [0.2, 0.25) is 0 Å². The zero-order valence-electron chi connectivity index (χ0n) is 12.4. The van der Waals surface area contributed by atoms with E-state index in [2.05, 4.69) is 5.43 Å². The van der Waals surface area contributed by atoms with Crippen LogP contribution >= 0.6 is 0 Å². The van der Waals surface area contributed by atoms with Gasteiger partial charge in [0.15, 0.2) is 0 Å². The fourth-order valence-electron chi connectivity index (χ4n) is 2.66. The molecule has 0 saturated carbocycles. The Hall–Kier alpha value is -1.04. The fraction of sp³-hybridized carbons (Fsp3) is 0.600. The zero-order valence-corrected chi connectivity index (χ0v) is 12.4. The summed E-state index contributed by atoms with van der Waals surface area (Å²) in [6.45, 7) is 6.40. The van der Waals surface area contributed by atoms with Crippen LogP contribution in [0.1, 0.15) is 39.2 Å². The number of hydrazine groups is 1. The predicted molar refractivity (Wildman–Crippen MR) is 76.1 cm³/mol. The molecule has 0 radical (unpaired) electrons. The second-order valence-corrected chi connectivity index (χ2v) is 4.83. The summed E-state index contributed by atoms with van der Waals surface area (Å²) in [5.41, 5.74) is 2.19. The lowest BCUT2D eigenvalue weighted by molar-refractivity contribution is -0.0722. The second-order valence-electron chi connectivity index (χ2n) is 4.83. The monoisotopic (exact) mass is 286 g/mol. The maximum Gasteiger partial charge on any atom is 0.129 e. The van der Waals surface area contributed by atoms with Crippen LogP contribution in [0.3, 0.4) is 0 Å². The first-order valence-electron chi connectivity index (χ1n) is 7.07. The van der Waals surface area contributed by atoms with Crippen LogP contribution in [0.5, 0.6) is 0 Å². The van der Waals surface area contributed by atoms with Gasteiger partial charge in [0.1, 0.15) is 11.6 Å². The first-order valence-corrected chi connectivity index (χ1v) is 7.07. The number of halogens is 2. The first kappa shape index (κ1) is 17.0. The Labute approximate surface area is 119 Å². The van der Waals surface area contributed by atoms with Gasteiger partial charge in [-0.15, -0.1) is 0 Å². The molecule has 0 aliphatic carbocycles. The van der Waals surface area contributed by atoms with E-state index >= 15 is 0 Å². The molecule has 3 nitrogen and oxygen atoms in total. The Morgan fingerprint density at radius 3 is 2.15 bits per heavy atom. The van der Waals surface area contributed by atoms with E-state index in [-0.39, 0.29) is 18.0 Å². The van der Waals surface area contributed by atoms with E-state index in [0.717, 1.165) is 0 Å². The Morgan fingerprint density at radius 1 is 1.20 bits per heavy atom. The van der Waals surface area contributed by atoms with Gasteiger partial charge in [-0.1, -0.05) is 19.9 Å². The van der Waals surface area contributed by atoms with Crippen molar-refractivity contribution in [1.29, 1.82) is 0 Å². The molecule has 0 aromatic heterocycles. The molecule has 0 amide bonds. The molecule has 1 rings (SSSR count). The standard InChI is InChI=1S/C15H24F2N2O/c1-4-15(5-2,20-6-3)14(19-18)10-11-12(16)8-7-9-13(11)17/h7-9,14,19H,4-6,10,18H2,1-3H3. The minimum absolute atomic E-state index is 0.0430. The Morgan fingerprint density at radius 2 is 1.75 bits per heavy atom. The smallest absolute Gasteiger partial charge is 0.129 e. The molecule has 0 heterocycles. The molecule has 114 valence electrons. The average Bonchev–Trinajstić information content (AvgIpc) is 2.45. The van der Waals surface area contributed by atoms with Gasteiger partial charge in [-0.05, 0) is 38.3 Å². The molecule has 20 heavy (non-hydrogen) atoms. The second kappa shape index (κ2) is 7.67. The van der Waals surface area contributed by atoms with Crippen LogP contribution in [0.2, 0.25) is 0 Å². The van der Waals surface area contributed by atoms with Gasteiger partial charge in [0.25, 0.3) is 0 Å². The predicted octanol–water partition coefficient (Wildman–Crippen LogP) is 2.93. The summed E-state index contributed by atoms with van der Waals surface area (Å²) in [4.78, 5) is 0. The van der Waals surface area contributed by atoms with Crippen molar-refractivity contribution in [2.75, 3.05) is 6.61 Å². The summed E-state index contributed by atoms with van der Waals surface area (Å²) < 4.78 is 33.4. The first-order chi connectivity index (χ1) is 9.54. The third-order valence-corrected chi connectivity index (χ3v) is 3.93. The van der Waals surface area contributed by atoms with Gasteiger partial charge < -0.3 is 4.74 Å². The van der Waals surface area contributed by atoms with Crippen LogP contribution in [-0.4, -0.2) is 18.2 Å². The lowest BCUT2D eigenvalue weighted by Gasteiger charge is -2.39. The third kappa shape index (κ3) is 3.53. The average molecular weight is 286 g/mol. The van der Waals surface area contributed by atoms with Crippen molar-refractivity contribution < 1.29 is 13.5 Å². The van der Waals surface area contributed by atoms with Gasteiger partial charge in [0, 0.05) is 12.2 Å². The molecule has 0 bridgehead atoms. The number of hydrogen-bond acceptors (Lipinski definition) is 3. The highest BCUT2D eigenvalue weighted by molar-refractivity contribution is 5.21. The molecule has 0 aliphatic heterocycles. The van der Waals surface area contributed by atoms with E-state index < -0.39 is 17.2 Å². The minimum Gasteiger partial charge on any atom is -0.374 e. The number of rotatable bonds is 8. The van der Waals surface area contributed by atoms with Crippen LogP contribution < -0.4 is 11.3 Å². The molecule has 1 aromatic rings. The maximum atomic E-state index is 13.8. The van der Waals surface area contributed by atoms with E-state index in [4.69, 9.17) is 10.6 Å². The summed E-state index contributed by atoms with van der Waals surface area (Å²) in [5.74, 6) is 4.51. The van der Waals surface area contributed by atoms with Gasteiger partial charge in [-0.3, -0.25) is 11.3 Å². The van der Waals surface area contributed by atoms with E-state index in [1.807, 2.05) is 20.8 Å². The van der Waals surface area contributed by atoms with Crippen LogP contribution in [0, 0.1) is 11.6 Å². The molecule has 1 unspecified atom stereocenters. The highest BCUT2D eigenvalue weighted by Crippen LogP contribution is 2.28. The molecular formula is C15H24F2N2O. The van der Waals surface area contributed by atoms with Crippen LogP contribution in [0.15, 0.2) is 18.2 Å². The summed E-state index contributed by atoms with van der Waals surface area (Å²) in [6.07, 6.45) is 1.57. The fourth-order valence-corrected chi connectivity index (χ4v) is 2.66. The number of ether oxygens (including phenoxy) is 1. The van der Waals surface area contributed by atoms with Crippen molar-refractivity contribution in [1.82, 2.24) is 5.43 Å². The topological polar surface area (TPSA) is 47.3 Å². The molecule has 0 aliphatic rings. The molecule has 0 spiro atoms. The van der Waals surface area contributed by atoms with Crippen molar-refractivity contribution in [2.45, 2.75) is 51.7 Å². The molecular weight excluding hydrogens is 262 g/mol. The molecule has 3 N–H and O–H groups in total. The van der Waals surface area contributed by atoms with Crippen LogP contribution in [0.4, 0.5) is 8.78 Å². The minimum atomic E-state index is -0.553. The van der Waals surface area contributed by atoms with Crippen LogP contribution in [-0.2, 0) is 11.2 Å². The normalized spacial score (nSPS) is 13.5. The van der Waals surface area contributed by atoms with E-state index in [9.17, 15) is 8.78 Å². The summed E-state index contributed by atoms with van der Waals surface area (Å²) in [6, 6.07) is 3.51. The largest absolute Gasteiger partial charge is 0.374 e. The van der Waals surface area contributed by atoms with Crippen molar-refractivity contribution in [3.63, 3.8) is 0 Å². The third-order valence-electron chi connectivity index (χ3n) is 3.93. The SMILES string of the molecule is CCOC(CC)(CC)C(Cc1c(F)cccc1F)NN. The summed E-state index contributed by atoms with van der Waals surface area (Å²) in [7, 11) is 0. The van der Waals surface area contributed by atoms with Crippen LogP contribution in [0.25, 0.3) is 0 Å². The van der Waals surface area contributed by atoms with Crippen molar-refractivity contribution >= 4 is 0 Å². The van der Waals surface area contributed by atoms with Gasteiger partial charge >= 0.3 is 0 Å². The van der Waals surface area contributed by atoms with Gasteiger partial charge in [-0.25, -0.2) is 8.78 Å². The lowest BCUT2D eigenvalue weighted by Crippen LogP contribution is -2.55. The quantitative estimate of drug-likeness (QED) is 0.570. The summed E-state index contributed by atoms with van der Waals surface area (Å²) >= 11 is 0. The number of benzene rings is 1. The van der Waals surface area contributed by atoms with E-state index in [0.29, 0.717) is 19.4 Å². The molecule has 5 heteroatoms. The number of nitrogens with two attached hydrogens (primary N) is 1. The molecule has 0 saturated heterocycles. The number of nitrogens with one attached hydrogen (secondary N) is 1. The van der Waals surface area contributed by atoms with Crippen molar-refractivity contribution in [2.24, 2.45) is 5.84 Å². The highest BCUT2D eigenvalue weighted by Gasteiger charge is 2.36. The molecule has 0 fully saturated rings. The van der Waals surface area contributed by atoms with Gasteiger partial charge in [0.05, 0.1) is 11.6 Å². The van der Waals surface area contributed by atoms with Crippen molar-refractivity contribution in [3.05, 3.63) is 35.4 Å². The lowest BCUT2D eigenvalue weighted by atomic mass is 9.84. The Balaban J connectivity index is 3.06. The highest BCUT2D eigenvalue weighted by atomic mass is 19.1. The maximum absolute atomic E-state index is 13.8. The van der Waals surface area contributed by atoms with E-state index in [1.54, 1.807) is 0 Å². The van der Waals surface area contributed by atoms with E-state index in [1.165, 1.54) is 18.2 Å². The number of hydrogen-bond donors (Lipinski definition) is 2. The molecule has 1 atom stereocenters. The van der Waals surface area contributed by atoms with Gasteiger partial charge in [-0.2, -0.15) is 0 Å². The zero-order chi connectivity index (χ0) is 15.2. The van der Waals surface area contributed by atoms with Crippen molar-refractivity contribution in [3.8, 4) is 0 Å². The Kier molecular flexibility index (Phi) is 6.52. The summed E-state index contributed by atoms with van der Waals surface area (Å²) in [5, 5.41) is 0. The molecule has 1 aromatic carbocycles. The Bertz CT molecular complexity index is 402.